The van der Waals surface area contributed by atoms with Gasteiger partial charge in [0.1, 0.15) is 22.3 Å². The molecular formula is C64H82N2O4P2. The molecule has 2 heterocycles. The van der Waals surface area contributed by atoms with Crippen LogP contribution in [0.2, 0.25) is 0 Å². The minimum absolute atomic E-state index is 0.204. The van der Waals surface area contributed by atoms with Crippen molar-refractivity contribution in [1.82, 2.24) is 0 Å². The Balaban J connectivity index is 1.47. The molecule has 0 saturated carbocycles. The van der Waals surface area contributed by atoms with Gasteiger partial charge in [0.05, 0.1) is 0 Å². The topological polar surface area (TPSA) is 59.0 Å². The van der Waals surface area contributed by atoms with Crippen molar-refractivity contribution in [2.75, 3.05) is 22.4 Å². The Morgan fingerprint density at radius 1 is 0.347 bits per heavy atom. The first-order valence-corrected chi connectivity index (χ1v) is 28.3. The highest BCUT2D eigenvalue weighted by atomic mass is 31.1. The maximum absolute atomic E-state index is 7.69. The van der Waals surface area contributed by atoms with E-state index in [4.69, 9.17) is 16.8 Å². The van der Waals surface area contributed by atoms with Gasteiger partial charge in [-0.2, -0.15) is 9.34 Å². The van der Waals surface area contributed by atoms with Crippen LogP contribution >= 0.6 is 16.3 Å². The molecule has 0 aliphatic rings. The van der Waals surface area contributed by atoms with E-state index in [0.29, 0.717) is 26.2 Å². The molecule has 0 N–H and O–H groups in total. The van der Waals surface area contributed by atoms with E-state index in [1.54, 1.807) is 0 Å². The van der Waals surface area contributed by atoms with Crippen LogP contribution in [0.25, 0.3) is 43.9 Å². The lowest BCUT2D eigenvalue weighted by molar-refractivity contribution is 0.555. The summed E-state index contributed by atoms with van der Waals surface area (Å²) in [4.78, 5) is 0. The number of rotatable bonds is 9. The van der Waals surface area contributed by atoms with Crippen LogP contribution in [0.5, 0.6) is 0 Å². The van der Waals surface area contributed by atoms with Crippen molar-refractivity contribution in [2.45, 2.75) is 173 Å². The van der Waals surface area contributed by atoms with E-state index >= 15 is 0 Å². The van der Waals surface area contributed by atoms with Crippen LogP contribution in [0.1, 0.15) is 161 Å². The van der Waals surface area contributed by atoms with Crippen molar-refractivity contribution in [3.8, 4) is 0 Å². The standard InChI is InChI=1S/C64H82N2O4P2/c1-39-33-49(61(9,10)11)57-53(43(39)5)54-44(6)40(2)34-50(62(12,13)14)58(54)68-71(67-57)65(37-47-27-23-21-24-28-47)31-32-66(38-48-29-25-22-26-30-48)72-69-59-51(63(15,16)17)35-41(3)45(7)55(59)56-46(8)42(4)36-52(60(56)70-72)64(18,19)20/h21-30,33-36H,31-32,37-38H2,1-20H3. The highest BCUT2D eigenvalue weighted by molar-refractivity contribution is 7.39. The number of fused-ring (bicyclic) bond motifs is 6. The van der Waals surface area contributed by atoms with Crippen LogP contribution in [-0.4, -0.2) is 13.1 Å². The summed E-state index contributed by atoms with van der Waals surface area (Å²) in [6.45, 7) is 48.1. The molecule has 0 unspecified atom stereocenters. The van der Waals surface area contributed by atoms with Gasteiger partial charge >= 0.3 is 16.3 Å². The summed E-state index contributed by atoms with van der Waals surface area (Å²) in [5, 5.41) is 4.61. The molecule has 0 aliphatic heterocycles. The Hall–Kier alpha value is -4.96. The van der Waals surface area contributed by atoms with Crippen molar-refractivity contribution in [1.29, 1.82) is 0 Å². The van der Waals surface area contributed by atoms with E-state index in [2.05, 4.69) is 233 Å². The molecule has 2 aromatic heterocycles. The second kappa shape index (κ2) is 19.7. The zero-order valence-corrected chi connectivity index (χ0v) is 49.1. The number of nitrogens with zero attached hydrogens (tertiary/aromatic N) is 2. The molecule has 8 rings (SSSR count). The van der Waals surface area contributed by atoms with Gasteiger partial charge in [-0.3, -0.25) is 0 Å². The van der Waals surface area contributed by atoms with Crippen LogP contribution < -0.4 is 9.34 Å². The second-order valence-electron chi connectivity index (χ2n) is 24.9. The molecule has 72 heavy (non-hydrogen) atoms. The summed E-state index contributed by atoms with van der Waals surface area (Å²) in [5.74, 6) is 0. The van der Waals surface area contributed by atoms with E-state index in [9.17, 15) is 0 Å². The largest absolute Gasteiger partial charge is 0.407 e. The number of hydrogen-bond acceptors (Lipinski definition) is 6. The summed E-state index contributed by atoms with van der Waals surface area (Å²) in [7, 11) is -3.50. The van der Waals surface area contributed by atoms with E-state index in [-0.39, 0.29) is 21.7 Å². The Morgan fingerprint density at radius 3 is 0.778 bits per heavy atom. The van der Waals surface area contributed by atoms with Gasteiger partial charge < -0.3 is 16.8 Å². The lowest BCUT2D eigenvalue weighted by atomic mass is 9.81. The summed E-state index contributed by atoms with van der Waals surface area (Å²) < 4.78 is 35.7. The molecule has 0 spiro atoms. The zero-order chi connectivity index (χ0) is 52.6. The summed E-state index contributed by atoms with van der Waals surface area (Å²) in [5.41, 5.74) is 19.9. The molecular weight excluding hydrogens is 923 g/mol. The van der Waals surface area contributed by atoms with Gasteiger partial charge in [0, 0.05) is 70.0 Å². The Kier molecular flexibility index (Phi) is 14.6. The van der Waals surface area contributed by atoms with Crippen molar-refractivity contribution >= 4 is 60.2 Å². The zero-order valence-electron chi connectivity index (χ0n) is 47.3. The molecule has 6 aromatic carbocycles. The Bertz CT molecular complexity index is 3020. The third-order valence-electron chi connectivity index (χ3n) is 15.1. The Labute approximate surface area is 433 Å². The average molecular weight is 1010 g/mol. The number of hydrogen-bond donors (Lipinski definition) is 0. The fourth-order valence-electron chi connectivity index (χ4n) is 10.2. The molecule has 0 fully saturated rings. The first-order valence-electron chi connectivity index (χ1n) is 26.0. The van der Waals surface area contributed by atoms with Crippen LogP contribution in [0.15, 0.2) is 102 Å². The first kappa shape index (κ1) is 53.3. The molecule has 0 radical (unpaired) electrons. The molecule has 8 aromatic rings. The van der Waals surface area contributed by atoms with Gasteiger partial charge in [0.25, 0.3) is 0 Å². The Morgan fingerprint density at radius 2 is 0.569 bits per heavy atom. The van der Waals surface area contributed by atoms with Gasteiger partial charge in [-0.15, -0.1) is 0 Å². The summed E-state index contributed by atoms with van der Waals surface area (Å²) >= 11 is 0. The smallest absolute Gasteiger partial charge is 0.310 e. The quantitative estimate of drug-likeness (QED) is 0.144. The normalized spacial score (nSPS) is 12.9. The molecule has 0 bridgehead atoms. The van der Waals surface area contributed by atoms with Crippen molar-refractivity contribution < 1.29 is 16.8 Å². The lowest BCUT2D eigenvalue weighted by Crippen LogP contribution is -2.32. The van der Waals surface area contributed by atoms with Crippen LogP contribution in [0.4, 0.5) is 0 Å². The highest BCUT2D eigenvalue weighted by Crippen LogP contribution is 2.49. The van der Waals surface area contributed by atoms with Gasteiger partial charge in [0.15, 0.2) is 0 Å². The third kappa shape index (κ3) is 10.4. The maximum Gasteiger partial charge on any atom is 0.310 e. The number of aryl methyl sites for hydroxylation is 8. The minimum Gasteiger partial charge on any atom is -0.407 e. The monoisotopic (exact) mass is 1000 g/mol. The third-order valence-corrected chi connectivity index (χ3v) is 18.1. The fourth-order valence-corrected chi connectivity index (χ4v) is 13.2. The van der Waals surface area contributed by atoms with E-state index in [1.165, 1.54) is 77.9 Å². The SMILES string of the molecule is Cc1cc(C(C)(C)C)c2op(N(CCN(Cc3ccccc3)p3oc4c(C(C)(C)C)cc(C)c(C)c4c4c(C)c(C)cc(C(C)(C)C)c4o3)Cc3ccccc3)oc3c(C(C)(C)C)cc(C)c(C)c3c2c1C. The maximum atomic E-state index is 7.69. The highest BCUT2D eigenvalue weighted by Gasteiger charge is 2.31. The van der Waals surface area contributed by atoms with Gasteiger partial charge in [-0.1, -0.05) is 168 Å². The van der Waals surface area contributed by atoms with Crippen LogP contribution in [0, 0.1) is 55.4 Å². The van der Waals surface area contributed by atoms with Gasteiger partial charge in [0.2, 0.25) is 0 Å². The van der Waals surface area contributed by atoms with Crippen molar-refractivity contribution in [3.05, 3.63) is 163 Å². The molecule has 0 saturated heterocycles. The molecule has 6 nitrogen and oxygen atoms in total. The predicted octanol–water partition coefficient (Wildman–Crippen LogP) is 19.5. The van der Waals surface area contributed by atoms with Crippen LogP contribution in [0.3, 0.4) is 0 Å². The molecule has 8 heteroatoms. The van der Waals surface area contributed by atoms with Crippen LogP contribution in [-0.2, 0) is 34.7 Å². The molecule has 0 atom stereocenters. The van der Waals surface area contributed by atoms with E-state index < -0.39 is 16.3 Å². The molecule has 0 amide bonds. The molecule has 382 valence electrons. The average Bonchev–Trinajstić information content (AvgIpc) is 3.58. The first-order chi connectivity index (χ1) is 33.6. The van der Waals surface area contributed by atoms with E-state index in [0.717, 1.165) is 43.9 Å². The fraction of sp³-hybridized carbons (Fsp3) is 0.438. The van der Waals surface area contributed by atoms with Gasteiger partial charge in [-0.25, -0.2) is 0 Å². The summed E-state index contributed by atoms with van der Waals surface area (Å²) in [6, 6.07) is 31.0. The lowest BCUT2D eigenvalue weighted by Gasteiger charge is -2.25. The van der Waals surface area contributed by atoms with Crippen molar-refractivity contribution in [2.24, 2.45) is 0 Å². The minimum atomic E-state index is -1.75. The molecule has 0 aliphatic carbocycles. The predicted molar refractivity (Wildman–Crippen MR) is 312 cm³/mol. The summed E-state index contributed by atoms with van der Waals surface area (Å²) in [6.07, 6.45) is 0. The van der Waals surface area contributed by atoms with Crippen molar-refractivity contribution in [3.63, 3.8) is 0 Å². The second-order valence-corrected chi connectivity index (χ2v) is 27.7. The van der Waals surface area contributed by atoms with E-state index in [1.807, 2.05) is 0 Å². The van der Waals surface area contributed by atoms with Gasteiger partial charge in [-0.05, 0) is 133 Å². The number of benzene rings is 6.